The lowest BCUT2D eigenvalue weighted by molar-refractivity contribution is -0.231. The number of hydrogen-bond donors (Lipinski definition) is 0. The molecule has 0 aromatic heterocycles. The summed E-state index contributed by atoms with van der Waals surface area (Å²) in [7, 11) is 0. The Morgan fingerprint density at radius 3 is 1.50 bits per heavy atom. The highest BCUT2D eigenvalue weighted by atomic mass is 20.0. The number of halogens is 7. The third-order valence-electron chi connectivity index (χ3n) is 1.00. The first-order valence-corrected chi connectivity index (χ1v) is 2.97. The van der Waals surface area contributed by atoms with Gasteiger partial charge in [0.25, 0.3) is 0 Å². The van der Waals surface area contributed by atoms with Crippen molar-refractivity contribution < 1.29 is 35.8 Å². The normalized spacial score (nSPS) is 10.7. The molecule has 0 aromatic carbocycles. The molecule has 0 rings (SSSR count). The van der Waals surface area contributed by atoms with Crippen molar-refractivity contribution in [3.05, 3.63) is 0 Å². The van der Waals surface area contributed by atoms with Crippen molar-refractivity contribution in [3.8, 4) is 0 Å². The maximum absolute atomic E-state index is 11.6. The van der Waals surface area contributed by atoms with Crippen LogP contribution in [0.2, 0.25) is 0 Å². The maximum atomic E-state index is 11.6. The lowest BCUT2D eigenvalue weighted by Crippen LogP contribution is -2.32. The van der Waals surface area contributed by atoms with Gasteiger partial charge in [0.05, 0.1) is 6.67 Å². The molecular weight excluding hydrogens is 245 g/mol. The second-order valence-electron chi connectivity index (χ2n) is 1.78. The highest BCUT2D eigenvalue weighted by molar-refractivity contribution is 4.66. The van der Waals surface area contributed by atoms with E-state index in [1.165, 1.54) is 0 Å². The minimum atomic E-state index is -4.68. The van der Waals surface area contributed by atoms with Crippen LogP contribution >= 0.6 is 0 Å². The van der Waals surface area contributed by atoms with E-state index >= 15 is 0 Å². The molecule has 0 saturated carbocycles. The summed E-state index contributed by atoms with van der Waals surface area (Å²) in [6, 6.07) is 0. The molecule has 0 spiro atoms. The van der Waals surface area contributed by atoms with Crippen LogP contribution in [0, 0.1) is 0 Å². The standard InChI is InChI=1S/C5H7F5O.3CH4.F2/c6-2-1-4(11-3-7)5(8,9)10;;;;1-2/h4H,1-3H2;3*1H4;. The molecule has 0 radical (unpaired) electrons. The molecule has 106 valence electrons. The monoisotopic (exact) mass is 264 g/mol. The van der Waals surface area contributed by atoms with Gasteiger partial charge in [-0.15, -0.1) is 0 Å². The topological polar surface area (TPSA) is 9.23 Å². The molecule has 0 saturated heterocycles. The highest BCUT2D eigenvalue weighted by Gasteiger charge is 2.40. The molecule has 0 amide bonds. The molecule has 0 N–H and O–H groups in total. The molecule has 1 atom stereocenters. The highest BCUT2D eigenvalue weighted by Crippen LogP contribution is 2.25. The zero-order chi connectivity index (χ0) is 10.9. The Bertz CT molecular complexity index is 101. The lowest BCUT2D eigenvalue weighted by atomic mass is 10.2. The summed E-state index contributed by atoms with van der Waals surface area (Å²) >= 11 is 0. The summed E-state index contributed by atoms with van der Waals surface area (Å²) in [5, 5.41) is 0. The predicted molar refractivity (Wildman–Crippen MR) is 49.9 cm³/mol. The second-order valence-corrected chi connectivity index (χ2v) is 1.78. The van der Waals surface area contributed by atoms with E-state index in [2.05, 4.69) is 4.74 Å². The molecule has 8 heteroatoms. The largest absolute Gasteiger partial charge is 0.414 e. The van der Waals surface area contributed by atoms with Gasteiger partial charge in [0.1, 0.15) is 0 Å². The Labute approximate surface area is 91.4 Å². The number of alkyl halides is 5. The van der Waals surface area contributed by atoms with Crippen LogP contribution in [-0.2, 0) is 4.74 Å². The summed E-state index contributed by atoms with van der Waals surface area (Å²) < 4.78 is 77.2. The summed E-state index contributed by atoms with van der Waals surface area (Å²) in [6.45, 7) is -2.73. The first kappa shape index (κ1) is 29.5. The van der Waals surface area contributed by atoms with Gasteiger partial charge in [-0.2, -0.15) is 13.2 Å². The van der Waals surface area contributed by atoms with E-state index in [-0.39, 0.29) is 22.3 Å². The third kappa shape index (κ3) is 15.9. The lowest BCUT2D eigenvalue weighted by Gasteiger charge is -2.17. The van der Waals surface area contributed by atoms with Gasteiger partial charge in [-0.3, -0.25) is 4.39 Å². The first-order valence-electron chi connectivity index (χ1n) is 2.97. The van der Waals surface area contributed by atoms with Gasteiger partial charge in [0.2, 0.25) is 0 Å². The average molecular weight is 264 g/mol. The van der Waals surface area contributed by atoms with Crippen molar-refractivity contribution in [2.75, 3.05) is 13.5 Å². The number of ether oxygens (including phenoxy) is 1. The molecule has 0 bridgehead atoms. The van der Waals surface area contributed by atoms with Crippen molar-refractivity contribution in [2.45, 2.75) is 41.0 Å². The Morgan fingerprint density at radius 1 is 0.938 bits per heavy atom. The zero-order valence-corrected chi connectivity index (χ0v) is 6.25. The molecule has 16 heavy (non-hydrogen) atoms. The Kier molecular flexibility index (Phi) is 31.2. The minimum Gasteiger partial charge on any atom is -0.338 e. The summed E-state index contributed by atoms with van der Waals surface area (Å²) in [5.74, 6) is 0. The fourth-order valence-electron chi connectivity index (χ4n) is 0.517. The smallest absolute Gasteiger partial charge is 0.338 e. The van der Waals surface area contributed by atoms with Crippen LogP contribution < -0.4 is 0 Å². The Hall–Kier alpha value is -0.530. The van der Waals surface area contributed by atoms with Gasteiger partial charge in [-0.1, -0.05) is 22.3 Å². The van der Waals surface area contributed by atoms with Crippen molar-refractivity contribution >= 4 is 0 Å². The van der Waals surface area contributed by atoms with Crippen molar-refractivity contribution in [1.29, 1.82) is 0 Å². The van der Waals surface area contributed by atoms with E-state index in [4.69, 9.17) is 9.15 Å². The summed E-state index contributed by atoms with van der Waals surface area (Å²) in [5.41, 5.74) is 0. The Morgan fingerprint density at radius 2 is 1.31 bits per heavy atom. The molecular formula is C8H19F7O. The molecule has 0 fully saturated rings. The summed E-state index contributed by atoms with van der Waals surface area (Å²) in [4.78, 5) is 0. The van der Waals surface area contributed by atoms with Gasteiger partial charge < -0.3 is 4.74 Å². The van der Waals surface area contributed by atoms with E-state index in [9.17, 15) is 22.0 Å². The van der Waals surface area contributed by atoms with Gasteiger partial charge in [0.15, 0.2) is 13.0 Å². The SMILES string of the molecule is C.C.C.FCCC(OCF)C(F)(F)F.FF. The molecule has 0 aromatic rings. The van der Waals surface area contributed by atoms with Crippen LogP contribution in [0.4, 0.5) is 31.1 Å². The molecule has 0 aliphatic carbocycles. The van der Waals surface area contributed by atoms with Gasteiger partial charge in [-0.25, -0.2) is 4.39 Å². The number of hydrogen-bond acceptors (Lipinski definition) is 1. The summed E-state index contributed by atoms with van der Waals surface area (Å²) in [6.07, 6.45) is -7.86. The van der Waals surface area contributed by atoms with Gasteiger partial charge >= 0.3 is 6.18 Å². The van der Waals surface area contributed by atoms with Crippen molar-refractivity contribution in [1.82, 2.24) is 0 Å². The van der Waals surface area contributed by atoms with Crippen LogP contribution in [0.3, 0.4) is 0 Å². The molecule has 1 nitrogen and oxygen atoms in total. The minimum absolute atomic E-state index is 0. The van der Waals surface area contributed by atoms with Gasteiger partial charge in [0, 0.05) is 15.6 Å². The first-order chi connectivity index (χ1) is 6.02. The molecule has 0 heterocycles. The zero-order valence-electron chi connectivity index (χ0n) is 6.25. The van der Waals surface area contributed by atoms with Crippen molar-refractivity contribution in [2.24, 2.45) is 0 Å². The van der Waals surface area contributed by atoms with Crippen molar-refractivity contribution in [3.63, 3.8) is 0 Å². The number of rotatable bonds is 4. The van der Waals surface area contributed by atoms with Crippen LogP contribution in [0.15, 0.2) is 0 Å². The van der Waals surface area contributed by atoms with Crippen LogP contribution in [0.25, 0.3) is 0 Å². The quantitative estimate of drug-likeness (QED) is 0.651. The average Bonchev–Trinajstić information content (AvgIpc) is 2.06. The van der Waals surface area contributed by atoms with E-state index in [0.717, 1.165) is 0 Å². The molecule has 1 unspecified atom stereocenters. The van der Waals surface area contributed by atoms with Gasteiger partial charge in [-0.05, 0) is 0 Å². The fourth-order valence-corrected chi connectivity index (χ4v) is 0.517. The molecule has 0 aliphatic heterocycles. The maximum Gasteiger partial charge on any atom is 0.414 e. The van der Waals surface area contributed by atoms with E-state index < -0.39 is 32.2 Å². The third-order valence-corrected chi connectivity index (χ3v) is 1.00. The van der Waals surface area contributed by atoms with Crippen LogP contribution in [-0.4, -0.2) is 25.8 Å². The Balaban J connectivity index is -0.0000000760. The van der Waals surface area contributed by atoms with E-state index in [1.807, 2.05) is 0 Å². The fraction of sp³-hybridized carbons (Fsp3) is 1.00. The predicted octanol–water partition coefficient (Wildman–Crippen LogP) is 4.97. The van der Waals surface area contributed by atoms with Crippen LogP contribution in [0.1, 0.15) is 28.7 Å². The van der Waals surface area contributed by atoms with Crippen LogP contribution in [0.5, 0.6) is 0 Å². The second kappa shape index (κ2) is 16.9. The van der Waals surface area contributed by atoms with E-state index in [0.29, 0.717) is 0 Å². The van der Waals surface area contributed by atoms with E-state index in [1.54, 1.807) is 0 Å². The molecule has 0 aliphatic rings.